The second kappa shape index (κ2) is 8.72. The van der Waals surface area contributed by atoms with Crippen LogP contribution in [0, 0.1) is 0 Å². The maximum absolute atomic E-state index is 11.4. The van der Waals surface area contributed by atoms with Gasteiger partial charge in [-0.1, -0.05) is 0 Å². The van der Waals surface area contributed by atoms with Crippen LogP contribution in [0.2, 0.25) is 0 Å². The Morgan fingerprint density at radius 1 is 0.793 bits per heavy atom. The number of aromatic hydroxyl groups is 2. The monoisotopic (exact) mass is 402 g/mol. The van der Waals surface area contributed by atoms with Crippen molar-refractivity contribution in [2.75, 3.05) is 0 Å². The van der Waals surface area contributed by atoms with E-state index in [0.29, 0.717) is 11.5 Å². The quantitative estimate of drug-likeness (QED) is 0.430. The molecule has 0 amide bonds. The molecule has 0 saturated heterocycles. The fourth-order valence-electron chi connectivity index (χ4n) is 3.12. The summed E-state index contributed by atoms with van der Waals surface area (Å²) in [6.45, 7) is 2.50. The van der Waals surface area contributed by atoms with Crippen molar-refractivity contribution in [3.8, 4) is 34.5 Å². The molecule has 1 saturated carbocycles. The topological polar surface area (TPSA) is 112 Å². The lowest BCUT2D eigenvalue weighted by molar-refractivity contribution is -0.134. The highest BCUT2D eigenvalue weighted by Crippen LogP contribution is 2.36. The molecule has 2 aromatic rings. The minimum Gasteiger partial charge on any atom is -0.504 e. The van der Waals surface area contributed by atoms with Crippen LogP contribution in [0.25, 0.3) is 0 Å². The van der Waals surface area contributed by atoms with Gasteiger partial charge in [0.25, 0.3) is 0 Å². The molecule has 29 heavy (non-hydrogen) atoms. The van der Waals surface area contributed by atoms with Crippen molar-refractivity contribution in [1.29, 1.82) is 0 Å². The van der Waals surface area contributed by atoms with E-state index in [1.54, 1.807) is 12.1 Å². The predicted octanol–water partition coefficient (Wildman–Crippen LogP) is 3.33. The summed E-state index contributed by atoms with van der Waals surface area (Å²) in [6, 6.07) is 8.87. The minimum atomic E-state index is -0.551. The van der Waals surface area contributed by atoms with Crippen molar-refractivity contribution >= 4 is 11.9 Å². The number of hydrogen-bond acceptors (Lipinski definition) is 8. The van der Waals surface area contributed by atoms with Gasteiger partial charge in [-0.3, -0.25) is 9.59 Å². The maximum atomic E-state index is 11.4. The first-order chi connectivity index (χ1) is 13.8. The largest absolute Gasteiger partial charge is 0.504 e. The van der Waals surface area contributed by atoms with Gasteiger partial charge in [-0.2, -0.15) is 0 Å². The Kier molecular flexibility index (Phi) is 6.11. The summed E-state index contributed by atoms with van der Waals surface area (Å²) in [5, 5.41) is 19.0. The van der Waals surface area contributed by atoms with E-state index in [2.05, 4.69) is 0 Å². The lowest BCUT2D eigenvalue weighted by Crippen LogP contribution is -2.31. The number of carbonyl (C=O) groups is 2. The molecule has 0 aromatic heterocycles. The van der Waals surface area contributed by atoms with Gasteiger partial charge in [0.15, 0.2) is 23.0 Å². The maximum Gasteiger partial charge on any atom is 0.308 e. The summed E-state index contributed by atoms with van der Waals surface area (Å²) >= 11 is 0. The molecule has 1 aliphatic carbocycles. The number of benzene rings is 2. The summed E-state index contributed by atoms with van der Waals surface area (Å²) in [5.74, 6) is -0.494. The van der Waals surface area contributed by atoms with Gasteiger partial charge in [0.05, 0.1) is 0 Å². The average Bonchev–Trinajstić information content (AvgIpc) is 3.06. The molecule has 8 nitrogen and oxygen atoms in total. The van der Waals surface area contributed by atoms with E-state index >= 15 is 0 Å². The van der Waals surface area contributed by atoms with E-state index in [-0.39, 0.29) is 35.2 Å². The number of esters is 2. The van der Waals surface area contributed by atoms with Crippen molar-refractivity contribution in [2.45, 2.75) is 45.3 Å². The van der Waals surface area contributed by atoms with E-state index in [1.807, 2.05) is 0 Å². The standard InChI is InChI=1S/C21H22O8/c1-12(22)26-20-9-7-15(11-21(20)27-13(2)23)29-19-5-3-4-18(19)28-14-6-8-16(24)17(25)10-14/h6-11,18-19,24-25H,3-5H2,1-2H3/t18-,19-/m1/s1. The Labute approximate surface area is 167 Å². The molecule has 0 spiro atoms. The summed E-state index contributed by atoms with van der Waals surface area (Å²) < 4.78 is 22.1. The van der Waals surface area contributed by atoms with Crippen molar-refractivity contribution in [2.24, 2.45) is 0 Å². The molecule has 2 N–H and O–H groups in total. The Morgan fingerprint density at radius 3 is 1.93 bits per heavy atom. The summed E-state index contributed by atoms with van der Waals surface area (Å²) in [4.78, 5) is 22.6. The second-order valence-electron chi connectivity index (χ2n) is 6.69. The number of rotatable bonds is 6. The third-order valence-electron chi connectivity index (χ3n) is 4.34. The van der Waals surface area contributed by atoms with Gasteiger partial charge in [-0.15, -0.1) is 0 Å². The molecule has 0 unspecified atom stereocenters. The Bertz CT molecular complexity index is 908. The third-order valence-corrected chi connectivity index (χ3v) is 4.34. The van der Waals surface area contributed by atoms with E-state index in [1.165, 1.54) is 38.1 Å². The lowest BCUT2D eigenvalue weighted by Gasteiger charge is -2.23. The van der Waals surface area contributed by atoms with Crippen LogP contribution in [-0.4, -0.2) is 34.4 Å². The molecule has 0 radical (unpaired) electrons. The average molecular weight is 402 g/mol. The highest BCUT2D eigenvalue weighted by Gasteiger charge is 2.31. The minimum absolute atomic E-state index is 0.0872. The first kappa shape index (κ1) is 20.3. The van der Waals surface area contributed by atoms with Crippen molar-refractivity contribution in [1.82, 2.24) is 0 Å². The second-order valence-corrected chi connectivity index (χ2v) is 6.69. The molecule has 2 atom stereocenters. The molecule has 0 heterocycles. The van der Waals surface area contributed by atoms with Gasteiger partial charge in [0, 0.05) is 26.0 Å². The smallest absolute Gasteiger partial charge is 0.308 e. The molecule has 154 valence electrons. The highest BCUT2D eigenvalue weighted by atomic mass is 16.6. The van der Waals surface area contributed by atoms with Crippen LogP contribution in [0.1, 0.15) is 33.1 Å². The molecule has 0 aliphatic heterocycles. The molecule has 0 bridgehead atoms. The first-order valence-corrected chi connectivity index (χ1v) is 9.18. The van der Waals surface area contributed by atoms with Gasteiger partial charge in [0.1, 0.15) is 23.7 Å². The molecule has 1 fully saturated rings. The molecule has 2 aromatic carbocycles. The number of ether oxygens (including phenoxy) is 4. The fraction of sp³-hybridized carbons (Fsp3) is 0.333. The van der Waals surface area contributed by atoms with Gasteiger partial charge in [-0.25, -0.2) is 0 Å². The van der Waals surface area contributed by atoms with Gasteiger partial charge in [-0.05, 0) is 43.5 Å². The van der Waals surface area contributed by atoms with Crippen LogP contribution in [0.15, 0.2) is 36.4 Å². The Morgan fingerprint density at radius 2 is 1.34 bits per heavy atom. The van der Waals surface area contributed by atoms with Gasteiger partial charge >= 0.3 is 11.9 Å². The number of phenols is 2. The van der Waals surface area contributed by atoms with Crippen molar-refractivity contribution < 1.29 is 38.7 Å². The van der Waals surface area contributed by atoms with Crippen molar-refractivity contribution in [3.05, 3.63) is 36.4 Å². The normalized spacial score (nSPS) is 18.1. The van der Waals surface area contributed by atoms with Crippen LogP contribution in [-0.2, 0) is 9.59 Å². The zero-order valence-corrected chi connectivity index (χ0v) is 16.1. The third kappa shape index (κ3) is 5.31. The Hall–Kier alpha value is -3.42. The zero-order valence-electron chi connectivity index (χ0n) is 16.1. The fourth-order valence-corrected chi connectivity index (χ4v) is 3.12. The molecule has 3 rings (SSSR count). The molecular weight excluding hydrogens is 380 g/mol. The summed E-state index contributed by atoms with van der Waals surface area (Å²) in [6.07, 6.45) is 1.87. The lowest BCUT2D eigenvalue weighted by atomic mass is 10.2. The van der Waals surface area contributed by atoms with Crippen LogP contribution in [0.5, 0.6) is 34.5 Å². The Balaban J connectivity index is 1.74. The molecular formula is C21H22O8. The van der Waals surface area contributed by atoms with Crippen LogP contribution < -0.4 is 18.9 Å². The molecule has 8 heteroatoms. The zero-order chi connectivity index (χ0) is 21.0. The van der Waals surface area contributed by atoms with Crippen LogP contribution in [0.4, 0.5) is 0 Å². The summed E-state index contributed by atoms with van der Waals surface area (Å²) in [7, 11) is 0. The first-order valence-electron chi connectivity index (χ1n) is 9.18. The number of hydrogen-bond donors (Lipinski definition) is 2. The van der Waals surface area contributed by atoms with Gasteiger partial charge in [0.2, 0.25) is 0 Å². The van der Waals surface area contributed by atoms with E-state index < -0.39 is 11.9 Å². The molecule has 1 aliphatic rings. The van der Waals surface area contributed by atoms with Gasteiger partial charge < -0.3 is 29.2 Å². The van der Waals surface area contributed by atoms with Crippen molar-refractivity contribution in [3.63, 3.8) is 0 Å². The van der Waals surface area contributed by atoms with E-state index in [9.17, 15) is 19.8 Å². The summed E-state index contributed by atoms with van der Waals surface area (Å²) in [5.41, 5.74) is 0. The SMILES string of the molecule is CC(=O)Oc1ccc(O[C@@H]2CCC[C@H]2Oc2ccc(O)c(O)c2)cc1OC(C)=O. The van der Waals surface area contributed by atoms with E-state index in [4.69, 9.17) is 18.9 Å². The van der Waals surface area contributed by atoms with Crippen LogP contribution in [0.3, 0.4) is 0 Å². The number of phenolic OH excluding ortho intramolecular Hbond substituents is 2. The highest BCUT2D eigenvalue weighted by molar-refractivity contribution is 5.74. The van der Waals surface area contributed by atoms with E-state index in [0.717, 1.165) is 19.3 Å². The number of carbonyl (C=O) groups excluding carboxylic acids is 2. The predicted molar refractivity (Wildman–Crippen MR) is 102 cm³/mol. The van der Waals surface area contributed by atoms with Crippen LogP contribution >= 0.6 is 0 Å².